The Kier molecular flexibility index (Phi) is 5.61. The predicted octanol–water partition coefficient (Wildman–Crippen LogP) is 6.90. The van der Waals surface area contributed by atoms with Crippen molar-refractivity contribution in [2.24, 2.45) is 0 Å². The van der Waals surface area contributed by atoms with Gasteiger partial charge >= 0.3 is 0 Å². The third kappa shape index (κ3) is 4.03. The summed E-state index contributed by atoms with van der Waals surface area (Å²) in [5.74, 6) is 1.38. The fourth-order valence-electron chi connectivity index (χ4n) is 4.08. The summed E-state index contributed by atoms with van der Waals surface area (Å²) in [6, 6.07) is 24.2. The minimum absolute atomic E-state index is 0.558. The molecule has 6 heteroatoms. The van der Waals surface area contributed by atoms with Crippen LogP contribution >= 0.6 is 35.4 Å². The second-order valence-electron chi connectivity index (χ2n) is 7.57. The van der Waals surface area contributed by atoms with Gasteiger partial charge in [0.25, 0.3) is 0 Å². The third-order valence-electron chi connectivity index (χ3n) is 5.69. The van der Waals surface area contributed by atoms with Gasteiger partial charge in [0.05, 0.1) is 5.02 Å². The Morgan fingerprint density at radius 1 is 0.839 bits per heavy atom. The molecule has 0 amide bonds. The van der Waals surface area contributed by atoms with E-state index in [0.717, 1.165) is 36.7 Å². The number of thiocarbonyl (C=S) groups is 1. The van der Waals surface area contributed by atoms with Crippen LogP contribution in [0.25, 0.3) is 22.1 Å². The van der Waals surface area contributed by atoms with E-state index in [9.17, 15) is 0 Å². The number of fused-ring (bicyclic) bond motifs is 1. The Bertz CT molecular complexity index is 1260. The lowest BCUT2D eigenvalue weighted by Gasteiger charge is -2.37. The molecule has 1 aliphatic heterocycles. The molecule has 4 aromatic rings. The zero-order valence-electron chi connectivity index (χ0n) is 16.7. The number of hydrogen-bond donors (Lipinski definition) is 0. The summed E-state index contributed by atoms with van der Waals surface area (Å²) in [7, 11) is 0. The summed E-state index contributed by atoms with van der Waals surface area (Å²) in [5.41, 5.74) is 2.09. The average molecular weight is 467 g/mol. The van der Waals surface area contributed by atoms with Crippen molar-refractivity contribution in [1.82, 2.24) is 4.90 Å². The molecule has 0 atom stereocenters. The molecule has 1 aliphatic rings. The Morgan fingerprint density at radius 2 is 1.61 bits per heavy atom. The van der Waals surface area contributed by atoms with Crippen molar-refractivity contribution >= 4 is 56.9 Å². The number of piperazine rings is 1. The zero-order chi connectivity index (χ0) is 21.4. The lowest BCUT2D eigenvalue weighted by atomic mass is 10.1. The molecular formula is C25H20Cl2N2OS. The van der Waals surface area contributed by atoms with E-state index in [1.54, 1.807) is 12.1 Å². The van der Waals surface area contributed by atoms with Crippen LogP contribution in [0.3, 0.4) is 0 Å². The van der Waals surface area contributed by atoms with Crippen molar-refractivity contribution in [3.8, 4) is 11.3 Å². The van der Waals surface area contributed by atoms with Gasteiger partial charge in [-0.05, 0) is 41.8 Å². The molecule has 0 radical (unpaired) electrons. The largest absolute Gasteiger partial charge is 0.454 e. The van der Waals surface area contributed by atoms with Gasteiger partial charge in [0.2, 0.25) is 0 Å². The first kappa shape index (κ1) is 20.4. The number of nitrogens with zero attached hydrogens (tertiary/aromatic N) is 2. The molecule has 156 valence electrons. The van der Waals surface area contributed by atoms with Crippen LogP contribution in [-0.2, 0) is 0 Å². The fraction of sp³-hybridized carbons (Fsp3) is 0.160. The first-order chi connectivity index (χ1) is 15.1. The van der Waals surface area contributed by atoms with Crippen molar-refractivity contribution in [1.29, 1.82) is 0 Å². The molecule has 0 bridgehead atoms. The quantitative estimate of drug-likeness (QED) is 0.305. The van der Waals surface area contributed by atoms with E-state index in [4.69, 9.17) is 39.8 Å². The molecule has 0 spiro atoms. The molecule has 0 N–H and O–H groups in total. The Morgan fingerprint density at radius 3 is 2.42 bits per heavy atom. The van der Waals surface area contributed by atoms with Crippen LogP contribution in [0.2, 0.25) is 10.0 Å². The average Bonchev–Trinajstić information content (AvgIpc) is 3.28. The Hall–Kier alpha value is -2.53. The summed E-state index contributed by atoms with van der Waals surface area (Å²) in [6.45, 7) is 3.51. The number of furan rings is 1. The molecule has 3 aromatic carbocycles. The van der Waals surface area contributed by atoms with E-state index in [1.165, 1.54) is 16.5 Å². The highest BCUT2D eigenvalue weighted by Crippen LogP contribution is 2.32. The normalized spacial score (nSPS) is 14.3. The van der Waals surface area contributed by atoms with Crippen LogP contribution in [0, 0.1) is 0 Å². The maximum atomic E-state index is 6.32. The van der Waals surface area contributed by atoms with Gasteiger partial charge in [-0.1, -0.05) is 71.8 Å². The monoisotopic (exact) mass is 466 g/mol. The summed E-state index contributed by atoms with van der Waals surface area (Å²) in [5, 5.41) is 3.71. The van der Waals surface area contributed by atoms with Crippen LogP contribution in [0.1, 0.15) is 5.76 Å². The van der Waals surface area contributed by atoms with Gasteiger partial charge < -0.3 is 14.2 Å². The number of hydrogen-bond acceptors (Lipinski definition) is 3. The topological polar surface area (TPSA) is 19.6 Å². The van der Waals surface area contributed by atoms with Crippen molar-refractivity contribution in [2.75, 3.05) is 31.1 Å². The molecule has 5 rings (SSSR count). The summed E-state index contributed by atoms with van der Waals surface area (Å²) < 4.78 is 6.05. The SMILES string of the molecule is S=C(c1ccc(-c2ccc(Cl)cc2Cl)o1)N1CCN(c2cccc3ccccc23)CC1. The highest BCUT2D eigenvalue weighted by Gasteiger charge is 2.23. The first-order valence-electron chi connectivity index (χ1n) is 10.2. The number of anilines is 1. The molecule has 0 saturated carbocycles. The molecule has 0 aliphatic carbocycles. The lowest BCUT2D eigenvalue weighted by molar-refractivity contribution is 0.385. The molecule has 2 heterocycles. The molecule has 3 nitrogen and oxygen atoms in total. The second kappa shape index (κ2) is 8.54. The van der Waals surface area contributed by atoms with Gasteiger partial charge in [0.15, 0.2) is 5.76 Å². The standard InChI is InChI=1S/C25H20Cl2N2OS/c26-18-8-9-20(21(27)16-18)23-10-11-24(30-23)25(31)29-14-12-28(13-15-29)22-7-3-5-17-4-1-2-6-19(17)22/h1-11,16H,12-15H2. The van der Waals surface area contributed by atoms with Crippen LogP contribution in [0.5, 0.6) is 0 Å². The maximum absolute atomic E-state index is 6.32. The van der Waals surface area contributed by atoms with E-state index >= 15 is 0 Å². The van der Waals surface area contributed by atoms with Gasteiger partial charge in [0, 0.05) is 47.8 Å². The molecule has 1 fully saturated rings. The van der Waals surface area contributed by atoms with Crippen molar-refractivity contribution < 1.29 is 4.42 Å². The van der Waals surface area contributed by atoms with E-state index in [1.807, 2.05) is 18.2 Å². The highest BCUT2D eigenvalue weighted by atomic mass is 35.5. The van der Waals surface area contributed by atoms with Crippen molar-refractivity contribution in [3.05, 3.63) is 88.6 Å². The highest BCUT2D eigenvalue weighted by molar-refractivity contribution is 7.80. The zero-order valence-corrected chi connectivity index (χ0v) is 19.1. The summed E-state index contributed by atoms with van der Waals surface area (Å²) in [6.07, 6.45) is 0. The molecule has 31 heavy (non-hydrogen) atoms. The second-order valence-corrected chi connectivity index (χ2v) is 8.80. The summed E-state index contributed by atoms with van der Waals surface area (Å²) >= 11 is 18.1. The number of rotatable bonds is 3. The first-order valence-corrected chi connectivity index (χ1v) is 11.3. The van der Waals surface area contributed by atoms with Gasteiger partial charge in [-0.15, -0.1) is 0 Å². The minimum Gasteiger partial charge on any atom is -0.454 e. The smallest absolute Gasteiger partial charge is 0.162 e. The Labute approximate surface area is 196 Å². The molecular weight excluding hydrogens is 447 g/mol. The van der Waals surface area contributed by atoms with E-state index in [-0.39, 0.29) is 0 Å². The third-order valence-corrected chi connectivity index (χ3v) is 6.69. The fourth-order valence-corrected chi connectivity index (χ4v) is 4.87. The van der Waals surface area contributed by atoms with Gasteiger partial charge in [0.1, 0.15) is 10.7 Å². The molecule has 1 saturated heterocycles. The van der Waals surface area contributed by atoms with Gasteiger partial charge in [-0.25, -0.2) is 0 Å². The van der Waals surface area contributed by atoms with E-state index in [0.29, 0.717) is 21.6 Å². The van der Waals surface area contributed by atoms with Crippen molar-refractivity contribution in [2.45, 2.75) is 0 Å². The van der Waals surface area contributed by atoms with E-state index < -0.39 is 0 Å². The Balaban J connectivity index is 1.30. The van der Waals surface area contributed by atoms with Gasteiger partial charge in [-0.3, -0.25) is 0 Å². The molecule has 1 aromatic heterocycles. The van der Waals surface area contributed by atoms with Crippen molar-refractivity contribution in [3.63, 3.8) is 0 Å². The number of halogens is 2. The van der Waals surface area contributed by atoms with Crippen LogP contribution < -0.4 is 4.90 Å². The maximum Gasteiger partial charge on any atom is 0.162 e. The summed E-state index contributed by atoms with van der Waals surface area (Å²) in [4.78, 5) is 5.37. The predicted molar refractivity (Wildman–Crippen MR) is 134 cm³/mol. The van der Waals surface area contributed by atoms with Crippen LogP contribution in [-0.4, -0.2) is 36.1 Å². The molecule has 0 unspecified atom stereocenters. The van der Waals surface area contributed by atoms with Crippen LogP contribution in [0.4, 0.5) is 5.69 Å². The van der Waals surface area contributed by atoms with Crippen LogP contribution in [0.15, 0.2) is 77.2 Å². The number of benzene rings is 3. The van der Waals surface area contributed by atoms with Gasteiger partial charge in [-0.2, -0.15) is 0 Å². The van der Waals surface area contributed by atoms with E-state index in [2.05, 4.69) is 52.3 Å². The lowest BCUT2D eigenvalue weighted by Crippen LogP contribution is -2.48. The minimum atomic E-state index is 0.558.